The Balaban J connectivity index is 1.01. The smallest absolute Gasteiger partial charge is 0.330 e. The molecule has 10 unspecified atom stereocenters. The van der Waals surface area contributed by atoms with Crippen molar-refractivity contribution in [2.75, 3.05) is 20.3 Å². The van der Waals surface area contributed by atoms with Gasteiger partial charge in [-0.15, -0.1) is 0 Å². The van der Waals surface area contributed by atoms with Crippen molar-refractivity contribution in [1.82, 2.24) is 31.9 Å². The molecule has 11 bridgehead atoms. The Morgan fingerprint density at radius 1 is 0.563 bits per heavy atom. The topological polar surface area (TPSA) is 634 Å². The summed E-state index contributed by atoms with van der Waals surface area (Å²) < 4.78 is 69.9. The summed E-state index contributed by atoms with van der Waals surface area (Å²) in [5.41, 5.74) is 17.0. The first-order chi connectivity index (χ1) is 60.1. The normalized spacial score (nSPS) is 32.1. The van der Waals surface area contributed by atoms with Gasteiger partial charge in [0.1, 0.15) is 126 Å². The molecule has 27 atom stereocenters. The third-order valence-electron chi connectivity index (χ3n) is 22.8. The van der Waals surface area contributed by atoms with Gasteiger partial charge in [0.25, 0.3) is 0 Å². The molecular weight excluding hydrogens is 1700 g/mol. The van der Waals surface area contributed by atoms with Crippen LogP contribution in [-0.2, 0) is 73.1 Å². The molecule has 40 nitrogen and oxygen atoms in total. The average molecular weight is 1800 g/mol. The van der Waals surface area contributed by atoms with E-state index in [1.165, 1.54) is 68.6 Å². The molecule has 0 spiro atoms. The number of aliphatic carboxylic acids is 1. The van der Waals surface area contributed by atoms with Gasteiger partial charge in [-0.1, -0.05) is 83.9 Å². The molecule has 25 N–H and O–H groups in total. The third-order valence-corrected chi connectivity index (χ3v) is 23.4. The minimum Gasteiger partial charge on any atom is -0.508 e. The Bertz CT molecular complexity index is 5180. The molecule has 4 fully saturated rings. The molecule has 126 heavy (non-hydrogen) atoms. The zero-order valence-electron chi connectivity index (χ0n) is 67.0. The van der Waals surface area contributed by atoms with Crippen LogP contribution in [-0.4, -0.2) is 257 Å². The number of phenols is 3. The first-order valence-electron chi connectivity index (χ1n) is 39.8. The maximum Gasteiger partial charge on any atom is 0.330 e. The lowest BCUT2D eigenvalue weighted by Crippen LogP contribution is -2.62. The maximum absolute atomic E-state index is 16.9. The number of methoxy groups -OCH3 is 1. The fraction of sp³-hybridized carbons (Fsp3) is 0.417. The number of amides is 6. The van der Waals surface area contributed by atoms with Crippen LogP contribution in [0.2, 0.25) is 10.0 Å². The van der Waals surface area contributed by atoms with Crippen LogP contribution in [0.4, 0.5) is 0 Å². The van der Waals surface area contributed by atoms with Crippen molar-refractivity contribution in [2.24, 2.45) is 17.2 Å². The summed E-state index contributed by atoms with van der Waals surface area (Å²) in [4.78, 5) is 110. The number of halogens is 2. The number of hydrogen-bond acceptors (Lipinski definition) is 33. The number of ether oxygens (including phenoxy) is 11. The summed E-state index contributed by atoms with van der Waals surface area (Å²) >= 11 is 13.7. The van der Waals surface area contributed by atoms with Gasteiger partial charge in [-0.2, -0.15) is 0 Å². The molecule has 9 heterocycles. The molecule has 9 aliphatic heterocycles. The Morgan fingerprint density at radius 2 is 1.19 bits per heavy atom. The zero-order chi connectivity index (χ0) is 90.3. The van der Waals surface area contributed by atoms with E-state index < -0.39 is 293 Å². The summed E-state index contributed by atoms with van der Waals surface area (Å²) in [5.74, 6) is -14.9. The van der Waals surface area contributed by atoms with E-state index >= 15 is 24.0 Å². The number of rotatable bonds is 17. The summed E-state index contributed by atoms with van der Waals surface area (Å²) in [6, 6.07) is 10.3. The van der Waals surface area contributed by atoms with Crippen molar-refractivity contribution < 1.29 is 152 Å². The Kier molecular flexibility index (Phi) is 27.9. The van der Waals surface area contributed by atoms with Gasteiger partial charge in [0.05, 0.1) is 47.7 Å². The summed E-state index contributed by atoms with van der Waals surface area (Å²) in [5, 5.41) is 162. The van der Waals surface area contributed by atoms with Gasteiger partial charge in [0.15, 0.2) is 36.2 Å². The molecule has 7 aromatic carbocycles. The van der Waals surface area contributed by atoms with E-state index in [0.717, 1.165) is 48.5 Å². The third kappa shape index (κ3) is 19.3. The van der Waals surface area contributed by atoms with Crippen molar-refractivity contribution in [3.63, 3.8) is 0 Å². The average Bonchev–Trinajstić information content (AvgIpc) is 0.789. The van der Waals surface area contributed by atoms with Gasteiger partial charge in [-0.05, 0) is 114 Å². The molecule has 0 radical (unpaired) electrons. The van der Waals surface area contributed by atoms with Gasteiger partial charge in [-0.3, -0.25) is 28.8 Å². The SMILES string of the molecule is CO[C@H]1[C@H](C)O[C@@H](OC2c3ccc(c(Cl)c3)Oc3cc4cc(c3O[C@@H]3O[C@H](CO)[C@@H](O)[C@H](O)C3O[C@H]3C[C@H](N)[C@@H](O)[C@H](C)O3)Oc3ccc(cc3)C(O)C(NC(=O)C(N)c3ccc(O)c(Cl)c3)C(=O)NC(Cc3ccccc3)C(=O)NC4C(=O)NC3C(=O)NC2C(=O)NC(C(=O)O)c2cc(O)cc(O[C@H]4O[C@H](CO)[C@@H](O)[C@H](O)[C@@H]4O)c2-c2cc3ccc2O)C[C@@H]1N. The zero-order valence-corrected chi connectivity index (χ0v) is 68.5. The number of aromatic hydroxyl groups is 3. The first-order valence-corrected chi connectivity index (χ1v) is 40.6. The number of fused-ring (bicyclic) bond motifs is 15. The highest BCUT2D eigenvalue weighted by Crippen LogP contribution is 2.50. The predicted octanol–water partition coefficient (Wildman–Crippen LogP) is -0.170. The second-order valence-electron chi connectivity index (χ2n) is 31.3. The fourth-order valence-corrected chi connectivity index (χ4v) is 16.5. The van der Waals surface area contributed by atoms with Crippen LogP contribution in [0.25, 0.3) is 11.1 Å². The van der Waals surface area contributed by atoms with Gasteiger partial charge >= 0.3 is 5.97 Å². The highest BCUT2D eigenvalue weighted by Gasteiger charge is 2.52. The van der Waals surface area contributed by atoms with Crippen LogP contribution in [0.3, 0.4) is 0 Å². The van der Waals surface area contributed by atoms with E-state index in [2.05, 4.69) is 31.9 Å². The fourth-order valence-electron chi connectivity index (χ4n) is 16.0. The van der Waals surface area contributed by atoms with Gasteiger partial charge in [-0.25, -0.2) is 4.79 Å². The number of phenolic OH excluding ortho intramolecular Hbond substituents is 3. The molecule has 16 rings (SSSR count). The summed E-state index contributed by atoms with van der Waals surface area (Å²) in [6.07, 6.45) is -31.4. The Labute approximate surface area is 726 Å². The van der Waals surface area contributed by atoms with Crippen LogP contribution in [0.1, 0.15) is 102 Å². The van der Waals surface area contributed by atoms with Crippen LogP contribution in [0.15, 0.2) is 133 Å². The minimum atomic E-state index is -2.43. The molecule has 0 aromatic heterocycles. The van der Waals surface area contributed by atoms with Crippen LogP contribution in [0.5, 0.6) is 51.7 Å². The van der Waals surface area contributed by atoms with E-state index in [9.17, 15) is 76.0 Å². The quantitative estimate of drug-likeness (QED) is 0.0563. The Morgan fingerprint density at radius 3 is 1.86 bits per heavy atom. The van der Waals surface area contributed by atoms with E-state index in [0.29, 0.717) is 5.56 Å². The number of aliphatic hydroxyl groups excluding tert-OH is 9. The highest BCUT2D eigenvalue weighted by atomic mass is 35.5. The number of carbonyl (C=O) groups excluding carboxylic acids is 6. The highest BCUT2D eigenvalue weighted by molar-refractivity contribution is 6.32. The first kappa shape index (κ1) is 91.5. The maximum atomic E-state index is 16.9. The molecule has 674 valence electrons. The minimum absolute atomic E-state index is 0.0252. The lowest BCUT2D eigenvalue weighted by molar-refractivity contribution is -0.330. The van der Waals surface area contributed by atoms with Crippen LogP contribution in [0, 0.1) is 0 Å². The predicted molar refractivity (Wildman–Crippen MR) is 433 cm³/mol. The second kappa shape index (κ2) is 38.4. The van der Waals surface area contributed by atoms with Crippen LogP contribution < -0.4 is 68.0 Å². The lowest BCUT2D eigenvalue weighted by atomic mass is 9.89. The van der Waals surface area contributed by atoms with Gasteiger partial charge in [0.2, 0.25) is 53.8 Å². The largest absolute Gasteiger partial charge is 0.508 e. The van der Waals surface area contributed by atoms with E-state index in [1.54, 1.807) is 37.3 Å². The number of carbonyl (C=O) groups is 7. The molecule has 9 aliphatic rings. The molecule has 4 saturated heterocycles. The van der Waals surface area contributed by atoms with Crippen molar-refractivity contribution in [1.29, 1.82) is 0 Å². The molecule has 42 heteroatoms. The lowest BCUT2D eigenvalue weighted by Gasteiger charge is -2.44. The van der Waals surface area contributed by atoms with Crippen molar-refractivity contribution in [2.45, 2.75) is 198 Å². The number of carboxylic acid groups (broad SMARTS) is 1. The van der Waals surface area contributed by atoms with E-state index in [1.807, 2.05) is 0 Å². The second-order valence-corrected chi connectivity index (χ2v) is 32.2. The van der Waals surface area contributed by atoms with E-state index in [-0.39, 0.29) is 51.8 Å². The Hall–Kier alpha value is -10.8. The number of nitrogens with one attached hydrogen (secondary N) is 6. The molecule has 6 amide bonds. The number of benzene rings is 7. The van der Waals surface area contributed by atoms with Crippen molar-refractivity contribution >= 4 is 64.6 Å². The molecule has 0 aliphatic carbocycles. The summed E-state index contributed by atoms with van der Waals surface area (Å²) in [6.45, 7) is 1.11. The van der Waals surface area contributed by atoms with Crippen molar-refractivity contribution in [3.8, 4) is 62.9 Å². The van der Waals surface area contributed by atoms with E-state index in [4.69, 9.17) is 92.5 Å². The van der Waals surface area contributed by atoms with Crippen molar-refractivity contribution in [3.05, 3.63) is 182 Å². The molecular formula is C84H93Cl2N9O31. The number of hydrogen-bond donors (Lipinski definition) is 22. The van der Waals surface area contributed by atoms with Crippen LogP contribution >= 0.6 is 23.2 Å². The van der Waals surface area contributed by atoms with Gasteiger partial charge in [0, 0.05) is 61.2 Å². The monoisotopic (exact) mass is 1790 g/mol. The van der Waals surface area contributed by atoms with Gasteiger partial charge < -0.3 is 168 Å². The molecule has 0 saturated carbocycles. The number of carboxylic acids is 1. The number of aliphatic hydroxyl groups is 9. The molecule has 7 aromatic rings. The standard InChI is InChI=1S/C84H93Cl2N9O31/c1-31-65(101)45(87)27-56(117-31)125-75-70(106)68(104)55(30-97)123-84(75)126-74-52-23-38-24-53(74)120-50-18-13-37(22-44(50)86)73(124-57-28-46(88)72(116-3)32(2)118-57)64-81(113)93-62(82(114)115)42-25-39(98)26-51(121-83-71(107)69(105)67(103)54(29-96)122-83)58(42)41-20-36(12-16-48(41)99)60(78(110)95-64)92-79(111)61(38)91-76(108)47(19-33-7-5-4-6-8-33)90-80(112)63(66(102)34-9-14-40(119-52)15-10-34)94-77(109)59(89)35-11-17-49(100)43(85)21-35/h4-18,20-26,31-32,45-47,54-57,59-73,75,83-84,96-107H,19,27-30,87-89H2,1-3H3,(H,90,112)(H,91,108)(H,92,111)(H,93,113)(H,94,109)(H,95,110)(H,114,115)/t31-,32-,45-,46-,47?,54+,55+,56-,57-,59?,60?,61?,62?,63?,64?,65-,66?,67+,68+,69-,70-,71-,72-,73?,75?,83-,84-/m0/s1. The number of nitrogens with two attached hydrogens (primary N) is 3. The summed E-state index contributed by atoms with van der Waals surface area (Å²) in [7, 11) is 1.38.